The second kappa shape index (κ2) is 5.05. The Morgan fingerprint density at radius 1 is 1.21 bits per heavy atom. The van der Waals surface area contributed by atoms with Gasteiger partial charge < -0.3 is 14.8 Å². The number of carbonyl (C=O) groups is 1. The summed E-state index contributed by atoms with van der Waals surface area (Å²) in [5.41, 5.74) is 1.31. The molecule has 0 atom stereocenters. The van der Waals surface area contributed by atoms with Gasteiger partial charge in [-0.25, -0.2) is 0 Å². The van der Waals surface area contributed by atoms with E-state index < -0.39 is 0 Å². The number of benzene rings is 1. The number of nitrogens with one attached hydrogen (secondary N) is 1. The lowest BCUT2D eigenvalue weighted by Crippen LogP contribution is -2.38. The van der Waals surface area contributed by atoms with Crippen LogP contribution in [0.25, 0.3) is 11.0 Å². The standard InChI is InChI=1S/C15H17NO3/c17-11-7-5-10(6-8-11)16-15(18)13-9-19-14-4-2-1-3-12(13)14/h1-4,9-11,17H,5-8H2,(H,16,18). The van der Waals surface area contributed by atoms with E-state index in [1.807, 2.05) is 24.3 Å². The van der Waals surface area contributed by atoms with Crippen molar-refractivity contribution in [2.45, 2.75) is 37.8 Å². The molecule has 0 aliphatic heterocycles. The summed E-state index contributed by atoms with van der Waals surface area (Å²) in [6, 6.07) is 7.67. The molecule has 1 aromatic carbocycles. The van der Waals surface area contributed by atoms with Gasteiger partial charge in [0.25, 0.3) is 5.91 Å². The zero-order valence-electron chi connectivity index (χ0n) is 10.6. The molecule has 1 amide bonds. The van der Waals surface area contributed by atoms with Crippen molar-refractivity contribution >= 4 is 16.9 Å². The first kappa shape index (κ1) is 12.2. The highest BCUT2D eigenvalue weighted by Crippen LogP contribution is 2.22. The fourth-order valence-corrected chi connectivity index (χ4v) is 2.64. The predicted molar refractivity (Wildman–Crippen MR) is 71.9 cm³/mol. The van der Waals surface area contributed by atoms with Crippen molar-refractivity contribution in [3.05, 3.63) is 36.1 Å². The lowest BCUT2D eigenvalue weighted by Gasteiger charge is -2.25. The quantitative estimate of drug-likeness (QED) is 0.870. The van der Waals surface area contributed by atoms with Gasteiger partial charge in [0, 0.05) is 11.4 Å². The summed E-state index contributed by atoms with van der Waals surface area (Å²) < 4.78 is 5.38. The van der Waals surface area contributed by atoms with Gasteiger partial charge in [-0.1, -0.05) is 18.2 Å². The number of aliphatic hydroxyl groups excluding tert-OH is 1. The Balaban J connectivity index is 1.73. The van der Waals surface area contributed by atoms with Crippen LogP contribution < -0.4 is 5.32 Å². The van der Waals surface area contributed by atoms with Crippen LogP contribution in [0, 0.1) is 0 Å². The van der Waals surface area contributed by atoms with Gasteiger partial charge in [0.1, 0.15) is 11.8 Å². The Morgan fingerprint density at radius 2 is 1.95 bits per heavy atom. The predicted octanol–water partition coefficient (Wildman–Crippen LogP) is 2.47. The van der Waals surface area contributed by atoms with Crippen LogP contribution in [0.1, 0.15) is 36.0 Å². The molecule has 4 nitrogen and oxygen atoms in total. The van der Waals surface area contributed by atoms with E-state index in [0.29, 0.717) is 5.56 Å². The first-order valence-corrected chi connectivity index (χ1v) is 6.69. The monoisotopic (exact) mass is 259 g/mol. The number of aliphatic hydroxyl groups is 1. The normalized spacial score (nSPS) is 23.4. The summed E-state index contributed by atoms with van der Waals surface area (Å²) in [6.45, 7) is 0. The van der Waals surface area contributed by atoms with E-state index in [4.69, 9.17) is 4.42 Å². The number of fused-ring (bicyclic) bond motifs is 1. The lowest BCUT2D eigenvalue weighted by molar-refractivity contribution is 0.0868. The van der Waals surface area contributed by atoms with Crippen molar-refractivity contribution < 1.29 is 14.3 Å². The number of hydrogen-bond acceptors (Lipinski definition) is 3. The molecule has 2 N–H and O–H groups in total. The first-order valence-electron chi connectivity index (χ1n) is 6.69. The van der Waals surface area contributed by atoms with Crippen molar-refractivity contribution in [1.29, 1.82) is 0 Å². The van der Waals surface area contributed by atoms with Crippen LogP contribution in [-0.4, -0.2) is 23.2 Å². The fraction of sp³-hybridized carbons (Fsp3) is 0.400. The van der Waals surface area contributed by atoms with E-state index in [-0.39, 0.29) is 18.1 Å². The van der Waals surface area contributed by atoms with Gasteiger partial charge in [-0.05, 0) is 31.7 Å². The number of carbonyl (C=O) groups excluding carboxylic acids is 1. The molecule has 0 spiro atoms. The van der Waals surface area contributed by atoms with Gasteiger partial charge in [-0.3, -0.25) is 4.79 Å². The highest BCUT2D eigenvalue weighted by Gasteiger charge is 2.22. The fourth-order valence-electron chi connectivity index (χ4n) is 2.64. The van der Waals surface area contributed by atoms with Crippen molar-refractivity contribution in [1.82, 2.24) is 5.32 Å². The van der Waals surface area contributed by atoms with Gasteiger partial charge in [-0.15, -0.1) is 0 Å². The molecular formula is C15H17NO3. The Hall–Kier alpha value is -1.81. The second-order valence-corrected chi connectivity index (χ2v) is 5.12. The smallest absolute Gasteiger partial charge is 0.255 e. The molecule has 1 aliphatic carbocycles. The van der Waals surface area contributed by atoms with Crippen LogP contribution >= 0.6 is 0 Å². The molecular weight excluding hydrogens is 242 g/mol. The number of rotatable bonds is 2. The highest BCUT2D eigenvalue weighted by atomic mass is 16.3. The maximum absolute atomic E-state index is 12.2. The Morgan fingerprint density at radius 3 is 2.74 bits per heavy atom. The van der Waals surface area contributed by atoms with Crippen LogP contribution in [0.4, 0.5) is 0 Å². The van der Waals surface area contributed by atoms with E-state index in [9.17, 15) is 9.90 Å². The molecule has 19 heavy (non-hydrogen) atoms. The molecule has 0 saturated heterocycles. The molecule has 4 heteroatoms. The molecule has 0 unspecified atom stereocenters. The first-order chi connectivity index (χ1) is 9.24. The highest BCUT2D eigenvalue weighted by molar-refractivity contribution is 6.05. The summed E-state index contributed by atoms with van der Waals surface area (Å²) in [5.74, 6) is -0.0914. The molecule has 1 fully saturated rings. The van der Waals surface area contributed by atoms with E-state index in [0.717, 1.165) is 36.7 Å². The number of amides is 1. The molecule has 1 heterocycles. The minimum Gasteiger partial charge on any atom is -0.463 e. The van der Waals surface area contributed by atoms with Crippen LogP contribution in [0.15, 0.2) is 34.9 Å². The average Bonchev–Trinajstić information content (AvgIpc) is 2.85. The van der Waals surface area contributed by atoms with Crippen molar-refractivity contribution in [2.75, 3.05) is 0 Å². The van der Waals surface area contributed by atoms with E-state index >= 15 is 0 Å². The molecule has 100 valence electrons. The Kier molecular flexibility index (Phi) is 3.25. The molecule has 1 aliphatic rings. The van der Waals surface area contributed by atoms with Gasteiger partial charge >= 0.3 is 0 Å². The summed E-state index contributed by atoms with van der Waals surface area (Å²) >= 11 is 0. The minimum atomic E-state index is -0.206. The van der Waals surface area contributed by atoms with Crippen LogP contribution in [0.2, 0.25) is 0 Å². The molecule has 1 aromatic heterocycles. The number of para-hydroxylation sites is 1. The maximum Gasteiger partial charge on any atom is 0.255 e. The third-order valence-electron chi connectivity index (χ3n) is 3.76. The maximum atomic E-state index is 12.2. The molecule has 2 aromatic rings. The topological polar surface area (TPSA) is 62.5 Å². The summed E-state index contributed by atoms with van der Waals surface area (Å²) in [7, 11) is 0. The Bertz CT molecular complexity index is 582. The molecule has 3 rings (SSSR count). The number of hydrogen-bond donors (Lipinski definition) is 2. The van der Waals surface area contributed by atoms with Gasteiger partial charge in [0.05, 0.1) is 11.7 Å². The van der Waals surface area contributed by atoms with Crippen LogP contribution in [0.5, 0.6) is 0 Å². The summed E-state index contributed by atoms with van der Waals surface area (Å²) in [5, 5.41) is 13.3. The lowest BCUT2D eigenvalue weighted by atomic mass is 9.93. The average molecular weight is 259 g/mol. The van der Waals surface area contributed by atoms with E-state index in [1.165, 1.54) is 6.26 Å². The largest absolute Gasteiger partial charge is 0.463 e. The van der Waals surface area contributed by atoms with Crippen LogP contribution in [0.3, 0.4) is 0 Å². The molecule has 0 bridgehead atoms. The van der Waals surface area contributed by atoms with Crippen molar-refractivity contribution in [3.63, 3.8) is 0 Å². The van der Waals surface area contributed by atoms with Crippen molar-refractivity contribution in [2.24, 2.45) is 0 Å². The Labute approximate surface area is 111 Å². The summed E-state index contributed by atoms with van der Waals surface area (Å²) in [6.07, 6.45) is 4.50. The SMILES string of the molecule is O=C(NC1CCC(O)CC1)c1coc2ccccc12. The zero-order valence-corrected chi connectivity index (χ0v) is 10.6. The zero-order chi connectivity index (χ0) is 13.2. The van der Waals surface area contributed by atoms with Gasteiger partial charge in [0.2, 0.25) is 0 Å². The van der Waals surface area contributed by atoms with Gasteiger partial charge in [-0.2, -0.15) is 0 Å². The van der Waals surface area contributed by atoms with E-state index in [1.54, 1.807) is 0 Å². The van der Waals surface area contributed by atoms with E-state index in [2.05, 4.69) is 5.32 Å². The van der Waals surface area contributed by atoms with Crippen LogP contribution in [-0.2, 0) is 0 Å². The second-order valence-electron chi connectivity index (χ2n) is 5.12. The molecule has 0 radical (unpaired) electrons. The third-order valence-corrected chi connectivity index (χ3v) is 3.76. The molecule has 1 saturated carbocycles. The van der Waals surface area contributed by atoms with Crippen molar-refractivity contribution in [3.8, 4) is 0 Å². The number of furan rings is 1. The third kappa shape index (κ3) is 2.49. The minimum absolute atomic E-state index is 0.0914. The van der Waals surface area contributed by atoms with Gasteiger partial charge in [0.15, 0.2) is 0 Å². The summed E-state index contributed by atoms with van der Waals surface area (Å²) in [4.78, 5) is 12.2.